The van der Waals surface area contributed by atoms with Gasteiger partial charge in [-0.15, -0.1) is 0 Å². The van der Waals surface area contributed by atoms with Crippen LogP contribution in [-0.4, -0.2) is 9.97 Å². The van der Waals surface area contributed by atoms with Crippen molar-refractivity contribution in [1.29, 1.82) is 0 Å². The maximum absolute atomic E-state index is 13.0. The smallest absolute Gasteiger partial charge is 0.365 e. The van der Waals surface area contributed by atoms with E-state index >= 15 is 0 Å². The highest BCUT2D eigenvalue weighted by Gasteiger charge is 2.35. The molecule has 0 aliphatic heterocycles. The third-order valence-corrected chi connectivity index (χ3v) is 3.56. The second-order valence-corrected chi connectivity index (χ2v) is 5.19. The summed E-state index contributed by atoms with van der Waals surface area (Å²) in [7, 11) is 0. The third kappa shape index (κ3) is 3.26. The Kier molecular flexibility index (Phi) is 3.90. The molecule has 0 aliphatic carbocycles. The molecule has 118 valence electrons. The lowest BCUT2D eigenvalue weighted by atomic mass is 10.1. The quantitative estimate of drug-likeness (QED) is 0.769. The standard InChI is InChI=1S/C17H14F3N3/c1-11-6-2-3-7-12(11)10-21-15-13-8-4-5-9-14(13)22-16(23-15)17(18,19)20/h2-9H,10H2,1H3,(H,21,22,23). The van der Waals surface area contributed by atoms with Crippen molar-refractivity contribution in [3.8, 4) is 0 Å². The summed E-state index contributed by atoms with van der Waals surface area (Å²) in [6.45, 7) is 2.35. The van der Waals surface area contributed by atoms with Gasteiger partial charge in [0.2, 0.25) is 5.82 Å². The maximum Gasteiger partial charge on any atom is 0.451 e. The number of hydrogen-bond donors (Lipinski definition) is 1. The number of hydrogen-bond acceptors (Lipinski definition) is 3. The highest BCUT2D eigenvalue weighted by molar-refractivity contribution is 5.89. The van der Waals surface area contributed by atoms with Gasteiger partial charge in [-0.25, -0.2) is 9.97 Å². The van der Waals surface area contributed by atoms with Crippen LogP contribution in [-0.2, 0) is 12.7 Å². The van der Waals surface area contributed by atoms with Crippen LogP contribution in [0.5, 0.6) is 0 Å². The van der Waals surface area contributed by atoms with Crippen LogP contribution in [0.1, 0.15) is 17.0 Å². The molecule has 6 heteroatoms. The van der Waals surface area contributed by atoms with Crippen LogP contribution < -0.4 is 5.32 Å². The molecular formula is C17H14F3N3. The lowest BCUT2D eigenvalue weighted by Crippen LogP contribution is -2.13. The predicted molar refractivity (Wildman–Crippen MR) is 83.0 cm³/mol. The van der Waals surface area contributed by atoms with Crippen LogP contribution >= 0.6 is 0 Å². The third-order valence-electron chi connectivity index (χ3n) is 3.56. The van der Waals surface area contributed by atoms with E-state index in [0.717, 1.165) is 11.1 Å². The van der Waals surface area contributed by atoms with E-state index in [4.69, 9.17) is 0 Å². The zero-order valence-corrected chi connectivity index (χ0v) is 12.4. The normalized spacial score (nSPS) is 11.7. The zero-order valence-electron chi connectivity index (χ0n) is 12.4. The van der Waals surface area contributed by atoms with Crippen molar-refractivity contribution < 1.29 is 13.2 Å². The fourth-order valence-corrected chi connectivity index (χ4v) is 2.33. The Morgan fingerprint density at radius 2 is 1.65 bits per heavy atom. The molecule has 0 atom stereocenters. The lowest BCUT2D eigenvalue weighted by molar-refractivity contribution is -0.144. The number of fused-ring (bicyclic) bond motifs is 1. The van der Waals surface area contributed by atoms with Gasteiger partial charge in [-0.05, 0) is 30.2 Å². The molecule has 23 heavy (non-hydrogen) atoms. The summed E-state index contributed by atoms with van der Waals surface area (Å²) in [6.07, 6.45) is -4.58. The topological polar surface area (TPSA) is 37.8 Å². The predicted octanol–water partition coefficient (Wildman–Crippen LogP) is 4.57. The molecular weight excluding hydrogens is 303 g/mol. The Morgan fingerprint density at radius 3 is 2.39 bits per heavy atom. The Hall–Kier alpha value is -2.63. The van der Waals surface area contributed by atoms with Gasteiger partial charge in [0, 0.05) is 11.9 Å². The number of aromatic nitrogens is 2. The first-order valence-electron chi connectivity index (χ1n) is 7.07. The SMILES string of the molecule is Cc1ccccc1CNc1nc(C(F)(F)F)nc2ccccc12. The minimum Gasteiger partial charge on any atom is -0.365 e. The van der Waals surface area contributed by atoms with E-state index in [1.807, 2.05) is 31.2 Å². The molecule has 3 rings (SSSR count). The van der Waals surface area contributed by atoms with Gasteiger partial charge in [-0.1, -0.05) is 36.4 Å². The average Bonchev–Trinajstić information content (AvgIpc) is 2.52. The summed E-state index contributed by atoms with van der Waals surface area (Å²) in [5.41, 5.74) is 2.33. The fourth-order valence-electron chi connectivity index (χ4n) is 2.33. The number of nitrogens with zero attached hydrogens (tertiary/aromatic N) is 2. The van der Waals surface area contributed by atoms with Crippen LogP contribution in [0.2, 0.25) is 0 Å². The molecule has 1 N–H and O–H groups in total. The van der Waals surface area contributed by atoms with Gasteiger partial charge < -0.3 is 5.32 Å². The van der Waals surface area contributed by atoms with Crippen LogP contribution in [0, 0.1) is 6.92 Å². The Morgan fingerprint density at radius 1 is 0.957 bits per heavy atom. The molecule has 0 aliphatic rings. The number of halogens is 3. The van der Waals surface area contributed by atoms with Crippen molar-refractivity contribution in [3.63, 3.8) is 0 Å². The molecule has 0 amide bonds. The first kappa shape index (κ1) is 15.3. The van der Waals surface area contributed by atoms with Gasteiger partial charge in [0.05, 0.1) is 5.52 Å². The summed E-state index contributed by atoms with van der Waals surface area (Å²) in [5.74, 6) is -0.949. The minimum absolute atomic E-state index is 0.186. The number of rotatable bonds is 3. The van der Waals surface area contributed by atoms with Crippen molar-refractivity contribution >= 4 is 16.7 Å². The van der Waals surface area contributed by atoms with E-state index in [1.54, 1.807) is 24.3 Å². The van der Waals surface area contributed by atoms with Gasteiger partial charge in [0.25, 0.3) is 0 Å². The van der Waals surface area contributed by atoms with E-state index < -0.39 is 12.0 Å². The molecule has 0 bridgehead atoms. The summed E-state index contributed by atoms with van der Waals surface area (Å²) in [5, 5.41) is 3.57. The Balaban J connectivity index is 2.00. The number of alkyl halides is 3. The molecule has 0 saturated carbocycles. The monoisotopic (exact) mass is 317 g/mol. The molecule has 1 aromatic heterocycles. The van der Waals surface area contributed by atoms with Crippen molar-refractivity contribution in [2.75, 3.05) is 5.32 Å². The molecule has 0 saturated heterocycles. The van der Waals surface area contributed by atoms with E-state index in [1.165, 1.54) is 0 Å². The molecule has 2 aromatic carbocycles. The zero-order chi connectivity index (χ0) is 16.4. The van der Waals surface area contributed by atoms with Crippen LogP contribution in [0.25, 0.3) is 10.9 Å². The fraction of sp³-hybridized carbons (Fsp3) is 0.176. The Bertz CT molecular complexity index is 844. The van der Waals surface area contributed by atoms with Gasteiger partial charge >= 0.3 is 6.18 Å². The number of aryl methyl sites for hydroxylation is 1. The van der Waals surface area contributed by atoms with Crippen molar-refractivity contribution in [2.24, 2.45) is 0 Å². The Labute approximate surface area is 131 Å². The van der Waals surface area contributed by atoms with E-state index in [2.05, 4.69) is 15.3 Å². The van der Waals surface area contributed by atoms with Crippen LogP contribution in [0.4, 0.5) is 19.0 Å². The molecule has 0 radical (unpaired) electrons. The first-order valence-corrected chi connectivity index (χ1v) is 7.07. The second-order valence-electron chi connectivity index (χ2n) is 5.19. The molecule has 3 aromatic rings. The molecule has 1 heterocycles. The van der Waals surface area contributed by atoms with Crippen LogP contribution in [0.3, 0.4) is 0 Å². The second kappa shape index (κ2) is 5.87. The van der Waals surface area contributed by atoms with Gasteiger partial charge in [-0.3, -0.25) is 0 Å². The number of nitrogens with one attached hydrogen (secondary N) is 1. The van der Waals surface area contributed by atoms with Gasteiger partial charge in [-0.2, -0.15) is 13.2 Å². The number of para-hydroxylation sites is 1. The van der Waals surface area contributed by atoms with Crippen molar-refractivity contribution in [2.45, 2.75) is 19.6 Å². The number of anilines is 1. The summed E-state index contributed by atoms with van der Waals surface area (Å²) < 4.78 is 38.9. The van der Waals surface area contributed by atoms with Crippen molar-refractivity contribution in [3.05, 3.63) is 65.5 Å². The van der Waals surface area contributed by atoms with Gasteiger partial charge in [0.1, 0.15) is 5.82 Å². The lowest BCUT2D eigenvalue weighted by Gasteiger charge is -2.13. The summed E-state index contributed by atoms with van der Waals surface area (Å²) in [4.78, 5) is 7.27. The number of benzene rings is 2. The summed E-state index contributed by atoms with van der Waals surface area (Å²) in [6, 6.07) is 14.3. The molecule has 3 nitrogen and oxygen atoms in total. The van der Waals surface area contributed by atoms with Crippen LogP contribution in [0.15, 0.2) is 48.5 Å². The maximum atomic E-state index is 13.0. The minimum atomic E-state index is -4.58. The molecule has 0 spiro atoms. The highest BCUT2D eigenvalue weighted by atomic mass is 19.4. The van der Waals surface area contributed by atoms with E-state index in [-0.39, 0.29) is 11.3 Å². The van der Waals surface area contributed by atoms with E-state index in [0.29, 0.717) is 11.9 Å². The van der Waals surface area contributed by atoms with E-state index in [9.17, 15) is 13.2 Å². The van der Waals surface area contributed by atoms with Gasteiger partial charge in [0.15, 0.2) is 0 Å². The highest BCUT2D eigenvalue weighted by Crippen LogP contribution is 2.30. The molecule has 0 fully saturated rings. The summed E-state index contributed by atoms with van der Waals surface area (Å²) >= 11 is 0. The van der Waals surface area contributed by atoms with Crippen molar-refractivity contribution in [1.82, 2.24) is 9.97 Å². The average molecular weight is 317 g/mol. The molecule has 0 unspecified atom stereocenters. The largest absolute Gasteiger partial charge is 0.451 e. The first-order chi connectivity index (χ1) is 10.9.